The summed E-state index contributed by atoms with van der Waals surface area (Å²) in [7, 11) is 6.04. The molecule has 1 aromatic carbocycles. The Morgan fingerprint density at radius 3 is 2.65 bits per heavy atom. The minimum atomic E-state index is -0.505. The summed E-state index contributed by atoms with van der Waals surface area (Å²) in [6, 6.07) is 7.53. The fourth-order valence-corrected chi connectivity index (χ4v) is 4.22. The molecule has 1 aliphatic rings. The van der Waals surface area contributed by atoms with Gasteiger partial charge in [-0.2, -0.15) is 0 Å². The van der Waals surface area contributed by atoms with Gasteiger partial charge < -0.3 is 0 Å². The number of aliphatic imine (C=N–C) groups is 1. The molecular weight excluding hydrogens is 369 g/mol. The molecule has 0 N–H and O–H groups in total. The van der Waals surface area contributed by atoms with Crippen molar-refractivity contribution in [3.05, 3.63) is 53.1 Å². The van der Waals surface area contributed by atoms with Crippen molar-refractivity contribution in [2.45, 2.75) is 10.9 Å². The molecule has 1 nitrogen and oxygen atoms in total. The van der Waals surface area contributed by atoms with Gasteiger partial charge in [0.25, 0.3) is 0 Å². The van der Waals surface area contributed by atoms with Gasteiger partial charge >= 0.3 is 121 Å². The van der Waals surface area contributed by atoms with Crippen LogP contribution in [-0.2, 0) is 0 Å². The first-order valence-corrected chi connectivity index (χ1v) is 9.85. The summed E-state index contributed by atoms with van der Waals surface area (Å²) in [4.78, 5) is 4.59. The Bertz CT molecular complexity index is 489. The van der Waals surface area contributed by atoms with Crippen LogP contribution in [0.15, 0.2) is 53.1 Å². The second-order valence-electron chi connectivity index (χ2n) is 3.69. The molecule has 0 saturated carbocycles. The van der Waals surface area contributed by atoms with Gasteiger partial charge in [-0.1, -0.05) is 0 Å². The van der Waals surface area contributed by atoms with Crippen LogP contribution < -0.4 is 0 Å². The van der Waals surface area contributed by atoms with E-state index >= 15 is 0 Å². The van der Waals surface area contributed by atoms with E-state index in [1.165, 1.54) is 5.57 Å². The molecule has 0 fully saturated rings. The molecule has 1 atom stereocenters. The Morgan fingerprint density at radius 2 is 2.00 bits per heavy atom. The molecule has 0 bridgehead atoms. The third-order valence-electron chi connectivity index (χ3n) is 2.51. The van der Waals surface area contributed by atoms with Crippen molar-refractivity contribution in [2.75, 3.05) is 0 Å². The second kappa shape index (κ2) is 6.07. The number of allylic oxidation sites excluding steroid dienone is 4. The summed E-state index contributed by atoms with van der Waals surface area (Å²) in [6.07, 6.45) is 6.33. The van der Waals surface area contributed by atoms with Crippen LogP contribution in [0, 0.1) is 0 Å². The standard InChI is InChI=1S/C13H11Cl2NTe/c1-9(12-3-2-4-13(12)17-15)16-11-7-5-10(14)6-8-11/h2-8,13H,1H3. The van der Waals surface area contributed by atoms with Gasteiger partial charge in [0.15, 0.2) is 0 Å². The van der Waals surface area contributed by atoms with E-state index < -0.39 is 19.8 Å². The fourth-order valence-electron chi connectivity index (χ4n) is 1.64. The van der Waals surface area contributed by atoms with Crippen molar-refractivity contribution < 1.29 is 0 Å². The average molecular weight is 380 g/mol. The number of hydrogen-bond donors (Lipinski definition) is 0. The third-order valence-corrected chi connectivity index (χ3v) is 5.77. The maximum absolute atomic E-state index is 6.04. The number of hydrogen-bond acceptors (Lipinski definition) is 1. The van der Waals surface area contributed by atoms with E-state index in [4.69, 9.17) is 20.6 Å². The molecule has 0 spiro atoms. The van der Waals surface area contributed by atoms with E-state index in [1.807, 2.05) is 31.2 Å². The molecule has 1 aliphatic carbocycles. The van der Waals surface area contributed by atoms with Crippen molar-refractivity contribution in [3.8, 4) is 0 Å². The van der Waals surface area contributed by atoms with Gasteiger partial charge in [0, 0.05) is 0 Å². The van der Waals surface area contributed by atoms with Gasteiger partial charge in [-0.15, -0.1) is 0 Å². The second-order valence-corrected chi connectivity index (χ2v) is 7.28. The molecule has 0 saturated heterocycles. The van der Waals surface area contributed by atoms with E-state index in [0.717, 1.165) is 16.4 Å². The third kappa shape index (κ3) is 3.36. The van der Waals surface area contributed by atoms with Gasteiger partial charge in [-0.05, 0) is 0 Å². The SMILES string of the molecule is CC(=Nc1ccc(Cl)cc1)C1=CC=CC1[Te]Cl. The van der Waals surface area contributed by atoms with Crippen LogP contribution in [0.4, 0.5) is 5.69 Å². The first kappa shape index (κ1) is 13.2. The molecule has 0 aliphatic heterocycles. The number of nitrogens with zero attached hydrogens (tertiary/aromatic N) is 1. The molecular formula is C13H11Cl2NTe. The number of halogens is 2. The van der Waals surface area contributed by atoms with Crippen molar-refractivity contribution in [2.24, 2.45) is 4.99 Å². The number of benzene rings is 1. The summed E-state index contributed by atoms with van der Waals surface area (Å²) in [6.45, 7) is 2.03. The maximum atomic E-state index is 6.04. The van der Waals surface area contributed by atoms with Gasteiger partial charge in [0.05, 0.1) is 0 Å². The first-order chi connectivity index (χ1) is 8.20. The first-order valence-electron chi connectivity index (χ1n) is 5.17. The molecule has 2 rings (SSSR count). The Kier molecular flexibility index (Phi) is 4.70. The van der Waals surface area contributed by atoms with Gasteiger partial charge in [0.1, 0.15) is 0 Å². The van der Waals surface area contributed by atoms with Gasteiger partial charge in [-0.3, -0.25) is 0 Å². The quantitative estimate of drug-likeness (QED) is 0.538. The predicted molar refractivity (Wildman–Crippen MR) is 76.8 cm³/mol. The Morgan fingerprint density at radius 1 is 1.29 bits per heavy atom. The minimum absolute atomic E-state index is 0.415. The van der Waals surface area contributed by atoms with Crippen LogP contribution in [0.1, 0.15) is 6.92 Å². The monoisotopic (exact) mass is 381 g/mol. The van der Waals surface area contributed by atoms with E-state index in [9.17, 15) is 0 Å². The van der Waals surface area contributed by atoms with E-state index in [1.54, 1.807) is 0 Å². The van der Waals surface area contributed by atoms with Crippen molar-refractivity contribution in [1.29, 1.82) is 0 Å². The van der Waals surface area contributed by atoms with Crippen LogP contribution in [0.5, 0.6) is 0 Å². The molecule has 1 unspecified atom stereocenters. The number of rotatable bonds is 3. The molecule has 0 aromatic heterocycles. The molecule has 0 radical (unpaired) electrons. The van der Waals surface area contributed by atoms with E-state index in [0.29, 0.717) is 3.97 Å². The van der Waals surface area contributed by atoms with Crippen LogP contribution >= 0.6 is 20.6 Å². The summed E-state index contributed by atoms with van der Waals surface area (Å²) < 4.78 is 0.415. The topological polar surface area (TPSA) is 12.4 Å². The van der Waals surface area contributed by atoms with Crippen LogP contribution in [0.3, 0.4) is 0 Å². The predicted octanol–water partition coefficient (Wildman–Crippen LogP) is 4.58. The van der Waals surface area contributed by atoms with Crippen LogP contribution in [0.25, 0.3) is 0 Å². The fraction of sp³-hybridized carbons (Fsp3) is 0.154. The molecule has 0 heterocycles. The zero-order valence-corrected chi connectivity index (χ0v) is 13.1. The van der Waals surface area contributed by atoms with Crippen molar-refractivity contribution >= 4 is 51.8 Å². The average Bonchev–Trinajstić information content (AvgIpc) is 2.80. The summed E-state index contributed by atoms with van der Waals surface area (Å²) in [5, 5.41) is 0.730. The van der Waals surface area contributed by atoms with Gasteiger partial charge in [0.2, 0.25) is 0 Å². The Labute approximate surface area is 120 Å². The van der Waals surface area contributed by atoms with Crippen molar-refractivity contribution in [1.82, 2.24) is 0 Å². The summed E-state index contributed by atoms with van der Waals surface area (Å²) >= 11 is 5.33. The Hall–Kier alpha value is -0.260. The van der Waals surface area contributed by atoms with E-state index in [2.05, 4.69) is 23.2 Å². The van der Waals surface area contributed by atoms with Crippen molar-refractivity contribution in [3.63, 3.8) is 0 Å². The molecule has 17 heavy (non-hydrogen) atoms. The molecule has 4 heteroatoms. The molecule has 0 amide bonds. The zero-order chi connectivity index (χ0) is 12.3. The molecule has 88 valence electrons. The summed E-state index contributed by atoms with van der Waals surface area (Å²) in [5.74, 6) is 0. The van der Waals surface area contributed by atoms with Gasteiger partial charge in [-0.25, -0.2) is 0 Å². The Balaban J connectivity index is 2.20. The van der Waals surface area contributed by atoms with E-state index in [-0.39, 0.29) is 0 Å². The molecule has 1 aromatic rings. The normalized spacial score (nSPS) is 19.6. The van der Waals surface area contributed by atoms with Crippen LogP contribution in [0.2, 0.25) is 8.99 Å². The van der Waals surface area contributed by atoms with Crippen LogP contribution in [-0.4, -0.2) is 25.5 Å². The summed E-state index contributed by atoms with van der Waals surface area (Å²) in [5.41, 5.74) is 3.21. The zero-order valence-electron chi connectivity index (χ0n) is 9.23.